The summed E-state index contributed by atoms with van der Waals surface area (Å²) in [4.78, 5) is 24.0. The van der Waals surface area contributed by atoms with Gasteiger partial charge in [-0.15, -0.1) is 0 Å². The minimum absolute atomic E-state index is 0.00118. The second-order valence-corrected chi connectivity index (χ2v) is 5.03. The largest absolute Gasteiger partial charge is 0.311 e. The van der Waals surface area contributed by atoms with Crippen molar-refractivity contribution in [1.29, 1.82) is 0 Å². The van der Waals surface area contributed by atoms with E-state index >= 15 is 0 Å². The third kappa shape index (κ3) is 3.46. The lowest BCUT2D eigenvalue weighted by atomic mass is 10.1. The maximum Gasteiger partial charge on any atom is 0.269 e. The van der Waals surface area contributed by atoms with E-state index in [1.165, 1.54) is 17.0 Å². The molecular weight excluding hydrogens is 336 g/mol. The zero-order chi connectivity index (χ0) is 15.4. The Bertz CT molecular complexity index is 654. The van der Waals surface area contributed by atoms with Crippen LogP contribution in [0.15, 0.2) is 48.5 Å². The standard InChI is InChI=1S/C15H13BrN2O3/c1-17(13-6-8-14(9-7-13)18(20)21)15(19)12-4-2-11(10-16)3-5-12/h2-9H,10H2,1H3. The van der Waals surface area contributed by atoms with E-state index in [0.29, 0.717) is 11.3 Å². The van der Waals surface area contributed by atoms with Crippen LogP contribution in [0.25, 0.3) is 0 Å². The Morgan fingerprint density at radius 2 is 1.71 bits per heavy atom. The van der Waals surface area contributed by atoms with Gasteiger partial charge < -0.3 is 4.90 Å². The van der Waals surface area contributed by atoms with E-state index in [9.17, 15) is 14.9 Å². The number of anilines is 1. The maximum atomic E-state index is 12.3. The van der Waals surface area contributed by atoms with Gasteiger partial charge in [-0.1, -0.05) is 28.1 Å². The van der Waals surface area contributed by atoms with E-state index in [1.54, 1.807) is 31.3 Å². The number of nitro benzene ring substituents is 1. The lowest BCUT2D eigenvalue weighted by molar-refractivity contribution is -0.384. The van der Waals surface area contributed by atoms with Crippen molar-refractivity contribution in [1.82, 2.24) is 0 Å². The molecular formula is C15H13BrN2O3. The third-order valence-corrected chi connectivity index (χ3v) is 3.76. The van der Waals surface area contributed by atoms with Crippen LogP contribution in [-0.2, 0) is 5.33 Å². The number of nitrogens with zero attached hydrogens (tertiary/aromatic N) is 2. The maximum absolute atomic E-state index is 12.3. The van der Waals surface area contributed by atoms with Gasteiger partial charge in [0.1, 0.15) is 0 Å². The van der Waals surface area contributed by atoms with Gasteiger partial charge in [0.05, 0.1) is 4.92 Å². The average molecular weight is 349 g/mol. The number of alkyl halides is 1. The molecule has 0 spiro atoms. The highest BCUT2D eigenvalue weighted by Gasteiger charge is 2.14. The zero-order valence-corrected chi connectivity index (χ0v) is 12.9. The minimum Gasteiger partial charge on any atom is -0.311 e. The molecule has 108 valence electrons. The first-order valence-corrected chi connectivity index (χ1v) is 7.32. The van der Waals surface area contributed by atoms with E-state index in [-0.39, 0.29) is 11.6 Å². The fraction of sp³-hybridized carbons (Fsp3) is 0.133. The van der Waals surface area contributed by atoms with Gasteiger partial charge in [-0.2, -0.15) is 0 Å². The Labute approximate surface area is 130 Å². The lowest BCUT2D eigenvalue weighted by Gasteiger charge is -2.17. The summed E-state index contributed by atoms with van der Waals surface area (Å²) in [5, 5.41) is 11.4. The molecule has 1 amide bonds. The van der Waals surface area contributed by atoms with Crippen molar-refractivity contribution in [3.8, 4) is 0 Å². The van der Waals surface area contributed by atoms with Gasteiger partial charge >= 0.3 is 0 Å². The van der Waals surface area contributed by atoms with Crippen LogP contribution in [-0.4, -0.2) is 17.9 Å². The van der Waals surface area contributed by atoms with Gasteiger partial charge in [0.25, 0.3) is 11.6 Å². The summed E-state index contributed by atoms with van der Waals surface area (Å²) in [6.45, 7) is 0. The Kier molecular flexibility index (Phi) is 4.70. The van der Waals surface area contributed by atoms with E-state index < -0.39 is 4.92 Å². The van der Waals surface area contributed by atoms with Gasteiger partial charge in [0, 0.05) is 35.8 Å². The average Bonchev–Trinajstić information content (AvgIpc) is 2.53. The fourth-order valence-electron chi connectivity index (χ4n) is 1.85. The number of amides is 1. The van der Waals surface area contributed by atoms with Crippen LogP contribution >= 0.6 is 15.9 Å². The SMILES string of the molecule is CN(C(=O)c1ccc(CBr)cc1)c1ccc([N+](=O)[O-])cc1. The van der Waals surface area contributed by atoms with Crippen molar-refractivity contribution in [2.24, 2.45) is 0 Å². The monoisotopic (exact) mass is 348 g/mol. The Morgan fingerprint density at radius 3 is 2.19 bits per heavy atom. The summed E-state index contributed by atoms with van der Waals surface area (Å²) in [7, 11) is 1.64. The molecule has 0 aliphatic heterocycles. The molecule has 0 aliphatic carbocycles. The van der Waals surface area contributed by atoms with Crippen LogP contribution in [0.5, 0.6) is 0 Å². The van der Waals surface area contributed by atoms with Crippen molar-refractivity contribution in [2.75, 3.05) is 11.9 Å². The van der Waals surface area contributed by atoms with E-state index in [1.807, 2.05) is 12.1 Å². The Balaban J connectivity index is 2.19. The summed E-state index contributed by atoms with van der Waals surface area (Å²) in [6, 6.07) is 13.2. The molecule has 2 aromatic rings. The van der Waals surface area contributed by atoms with Crippen LogP contribution in [0, 0.1) is 10.1 Å². The first-order valence-electron chi connectivity index (χ1n) is 6.20. The van der Waals surface area contributed by atoms with Crippen LogP contribution in [0.3, 0.4) is 0 Å². The molecule has 0 atom stereocenters. The first kappa shape index (κ1) is 15.2. The quantitative estimate of drug-likeness (QED) is 0.480. The summed E-state index contributed by atoms with van der Waals surface area (Å²) in [5.74, 6) is -0.162. The normalized spacial score (nSPS) is 10.2. The van der Waals surface area contributed by atoms with Gasteiger partial charge in [0.2, 0.25) is 0 Å². The smallest absolute Gasteiger partial charge is 0.269 e. The number of nitro groups is 1. The molecule has 5 nitrogen and oxygen atoms in total. The molecule has 6 heteroatoms. The Hall–Kier alpha value is -2.21. The highest BCUT2D eigenvalue weighted by molar-refractivity contribution is 9.08. The summed E-state index contributed by atoms with van der Waals surface area (Å²) < 4.78 is 0. The molecule has 0 unspecified atom stereocenters. The molecule has 2 aromatic carbocycles. The first-order chi connectivity index (χ1) is 10.0. The molecule has 0 saturated heterocycles. The van der Waals surface area contributed by atoms with E-state index in [2.05, 4.69) is 15.9 Å². The van der Waals surface area contributed by atoms with Gasteiger partial charge in [-0.3, -0.25) is 14.9 Å². The number of hydrogen-bond donors (Lipinski definition) is 0. The predicted octanol–water partition coefficient (Wildman–Crippen LogP) is 3.77. The Morgan fingerprint density at radius 1 is 1.14 bits per heavy atom. The highest BCUT2D eigenvalue weighted by Crippen LogP contribution is 2.20. The van der Waals surface area contributed by atoms with Crippen molar-refractivity contribution in [2.45, 2.75) is 5.33 Å². The summed E-state index contributed by atoms with van der Waals surface area (Å²) in [6.07, 6.45) is 0. The predicted molar refractivity (Wildman–Crippen MR) is 84.9 cm³/mol. The fourth-order valence-corrected chi connectivity index (χ4v) is 2.22. The summed E-state index contributed by atoms with van der Waals surface area (Å²) >= 11 is 3.35. The van der Waals surface area contributed by atoms with Crippen molar-refractivity contribution in [3.63, 3.8) is 0 Å². The van der Waals surface area contributed by atoms with Crippen LogP contribution < -0.4 is 4.90 Å². The molecule has 0 aliphatic rings. The van der Waals surface area contributed by atoms with E-state index in [4.69, 9.17) is 0 Å². The van der Waals surface area contributed by atoms with Crippen LogP contribution in [0.4, 0.5) is 11.4 Å². The number of halogens is 1. The number of carbonyl (C=O) groups is 1. The van der Waals surface area contributed by atoms with Gasteiger partial charge in [-0.25, -0.2) is 0 Å². The van der Waals surface area contributed by atoms with Crippen LogP contribution in [0.2, 0.25) is 0 Å². The third-order valence-electron chi connectivity index (χ3n) is 3.11. The molecule has 21 heavy (non-hydrogen) atoms. The molecule has 0 aromatic heterocycles. The van der Waals surface area contributed by atoms with Gasteiger partial charge in [0.15, 0.2) is 0 Å². The molecule has 0 bridgehead atoms. The van der Waals surface area contributed by atoms with Gasteiger partial charge in [-0.05, 0) is 29.8 Å². The second-order valence-electron chi connectivity index (χ2n) is 4.47. The molecule has 0 saturated carbocycles. The number of rotatable bonds is 4. The number of hydrogen-bond acceptors (Lipinski definition) is 3. The number of non-ortho nitro benzene ring substituents is 1. The van der Waals surface area contributed by atoms with Crippen molar-refractivity contribution in [3.05, 3.63) is 69.8 Å². The highest BCUT2D eigenvalue weighted by atomic mass is 79.9. The van der Waals surface area contributed by atoms with E-state index in [0.717, 1.165) is 10.9 Å². The number of carbonyl (C=O) groups excluding carboxylic acids is 1. The molecule has 0 N–H and O–H groups in total. The zero-order valence-electron chi connectivity index (χ0n) is 11.3. The van der Waals surface area contributed by atoms with Crippen molar-refractivity contribution >= 4 is 33.2 Å². The molecule has 0 heterocycles. The minimum atomic E-state index is -0.468. The molecule has 0 fully saturated rings. The number of benzene rings is 2. The van der Waals surface area contributed by atoms with Crippen molar-refractivity contribution < 1.29 is 9.72 Å². The second kappa shape index (κ2) is 6.49. The lowest BCUT2D eigenvalue weighted by Crippen LogP contribution is -2.26. The molecule has 2 rings (SSSR count). The van der Waals surface area contributed by atoms with Crippen LogP contribution in [0.1, 0.15) is 15.9 Å². The topological polar surface area (TPSA) is 63.5 Å². The summed E-state index contributed by atoms with van der Waals surface area (Å²) in [5.41, 5.74) is 2.27. The molecule has 0 radical (unpaired) electrons.